The summed E-state index contributed by atoms with van der Waals surface area (Å²) in [6.07, 6.45) is -0.0216. The number of phenolic OH excluding ortho intramolecular Hbond substituents is 1. The van der Waals surface area contributed by atoms with Crippen molar-refractivity contribution in [3.8, 4) is 5.75 Å². The third-order valence-corrected chi connectivity index (χ3v) is 4.70. The molecule has 0 saturated carbocycles. The Bertz CT molecular complexity index is 1090. The van der Waals surface area contributed by atoms with Gasteiger partial charge < -0.3 is 25.6 Å². The number of hydrogen-bond acceptors (Lipinski definition) is 5. The molecule has 3 rings (SSSR count). The molecule has 0 aliphatic rings. The van der Waals surface area contributed by atoms with E-state index in [4.69, 9.17) is 0 Å². The van der Waals surface area contributed by atoms with Crippen LogP contribution in [-0.4, -0.2) is 28.9 Å². The average Bonchev–Trinajstić information content (AvgIpc) is 2.75. The zero-order valence-electron chi connectivity index (χ0n) is 16.8. The molecule has 0 unspecified atom stereocenters. The van der Waals surface area contributed by atoms with Crippen LogP contribution in [0.1, 0.15) is 31.8 Å². The number of rotatable bonds is 7. The van der Waals surface area contributed by atoms with E-state index in [1.54, 1.807) is 54.6 Å². The molecule has 0 spiro atoms. The number of anilines is 1. The van der Waals surface area contributed by atoms with Gasteiger partial charge in [0.1, 0.15) is 5.75 Å². The normalized spacial score (nSPS) is 11.4. The second-order valence-corrected chi connectivity index (χ2v) is 7.08. The van der Waals surface area contributed by atoms with Crippen molar-refractivity contribution >= 4 is 23.5 Å². The lowest BCUT2D eigenvalue weighted by molar-refractivity contribution is -0.308. The molecular weight excluding hydrogens is 396 g/mol. The summed E-state index contributed by atoms with van der Waals surface area (Å²) in [6.45, 7) is 1.91. The maximum Gasteiger partial charge on any atom is 0.255 e. The van der Waals surface area contributed by atoms with Gasteiger partial charge in [-0.05, 0) is 55.3 Å². The molecule has 2 amide bonds. The molecule has 0 saturated heterocycles. The Morgan fingerprint density at radius 2 is 1.55 bits per heavy atom. The van der Waals surface area contributed by atoms with E-state index in [1.165, 1.54) is 18.2 Å². The van der Waals surface area contributed by atoms with E-state index >= 15 is 0 Å². The first-order chi connectivity index (χ1) is 14.8. The van der Waals surface area contributed by atoms with Gasteiger partial charge in [-0.25, -0.2) is 0 Å². The van der Waals surface area contributed by atoms with E-state index < -0.39 is 17.9 Å². The van der Waals surface area contributed by atoms with Gasteiger partial charge in [-0.15, -0.1) is 0 Å². The van der Waals surface area contributed by atoms with Crippen molar-refractivity contribution in [2.24, 2.45) is 0 Å². The van der Waals surface area contributed by atoms with Gasteiger partial charge in [-0.3, -0.25) is 9.59 Å². The predicted octanol–water partition coefficient (Wildman–Crippen LogP) is 2.04. The van der Waals surface area contributed by atoms with Gasteiger partial charge in [0.05, 0.1) is 23.3 Å². The molecule has 7 nitrogen and oxygen atoms in total. The molecule has 1 atom stereocenters. The molecule has 0 heterocycles. The van der Waals surface area contributed by atoms with Crippen molar-refractivity contribution in [2.45, 2.75) is 19.4 Å². The van der Waals surface area contributed by atoms with E-state index in [0.29, 0.717) is 11.1 Å². The van der Waals surface area contributed by atoms with Crippen LogP contribution in [0, 0.1) is 6.92 Å². The summed E-state index contributed by atoms with van der Waals surface area (Å²) in [5.41, 5.74) is 2.43. The second-order valence-electron chi connectivity index (χ2n) is 7.08. The summed E-state index contributed by atoms with van der Waals surface area (Å²) >= 11 is 0. The molecule has 3 aromatic carbocycles. The number of benzene rings is 3. The standard InChI is InChI=1S/C24H22N2O5/c1-15-6-10-17(11-7-15)22(28)25-20-5-3-2-4-19(20)23(29)26-21(24(30)31)14-16-8-12-18(27)13-9-16/h2-13,21,27H,14H2,1H3,(H,25,28)(H,26,29)(H,30,31)/p-1/t21-/m0/s1. The quantitative estimate of drug-likeness (QED) is 0.544. The van der Waals surface area contributed by atoms with Crippen LogP contribution in [-0.2, 0) is 11.2 Å². The summed E-state index contributed by atoms with van der Waals surface area (Å²) in [7, 11) is 0. The van der Waals surface area contributed by atoms with Crippen LogP contribution in [0.5, 0.6) is 5.75 Å². The number of phenols is 1. The fourth-order valence-electron chi connectivity index (χ4n) is 2.99. The van der Waals surface area contributed by atoms with Crippen LogP contribution in [0.15, 0.2) is 72.8 Å². The minimum absolute atomic E-state index is 0.0216. The Morgan fingerprint density at radius 3 is 2.19 bits per heavy atom. The summed E-state index contributed by atoms with van der Waals surface area (Å²) in [6, 6.07) is 18.0. The molecule has 3 aromatic rings. The smallest absolute Gasteiger partial charge is 0.255 e. The Kier molecular flexibility index (Phi) is 6.67. The number of amides is 2. The zero-order chi connectivity index (χ0) is 22.4. The van der Waals surface area contributed by atoms with Gasteiger partial charge in [0.2, 0.25) is 0 Å². The summed E-state index contributed by atoms with van der Waals surface area (Å²) in [5, 5.41) is 26.1. The Morgan fingerprint density at radius 1 is 0.903 bits per heavy atom. The summed E-state index contributed by atoms with van der Waals surface area (Å²) < 4.78 is 0. The number of aromatic hydroxyl groups is 1. The molecule has 158 valence electrons. The third-order valence-electron chi connectivity index (χ3n) is 4.70. The van der Waals surface area contributed by atoms with Crippen LogP contribution in [0.3, 0.4) is 0 Å². The molecule has 0 radical (unpaired) electrons. The van der Waals surface area contributed by atoms with Gasteiger partial charge in [0, 0.05) is 5.56 Å². The summed E-state index contributed by atoms with van der Waals surface area (Å²) in [5.74, 6) is -2.44. The van der Waals surface area contributed by atoms with E-state index in [1.807, 2.05) is 6.92 Å². The van der Waals surface area contributed by atoms with Gasteiger partial charge in [0.25, 0.3) is 11.8 Å². The minimum atomic E-state index is -1.44. The van der Waals surface area contributed by atoms with Crippen molar-refractivity contribution in [2.75, 3.05) is 5.32 Å². The van der Waals surface area contributed by atoms with Crippen molar-refractivity contribution < 1.29 is 24.6 Å². The fraction of sp³-hybridized carbons (Fsp3) is 0.125. The lowest BCUT2D eigenvalue weighted by atomic mass is 10.0. The fourth-order valence-corrected chi connectivity index (χ4v) is 2.99. The van der Waals surface area contributed by atoms with E-state index in [2.05, 4.69) is 10.6 Å². The molecule has 0 aliphatic heterocycles. The highest BCUT2D eigenvalue weighted by Gasteiger charge is 2.19. The number of aryl methyl sites for hydroxylation is 1. The van der Waals surface area contributed by atoms with E-state index in [0.717, 1.165) is 5.56 Å². The van der Waals surface area contributed by atoms with Crippen LogP contribution in [0.25, 0.3) is 0 Å². The van der Waals surface area contributed by atoms with Gasteiger partial charge in [-0.1, -0.05) is 42.0 Å². The maximum atomic E-state index is 12.8. The van der Waals surface area contributed by atoms with Crippen molar-refractivity contribution in [1.29, 1.82) is 0 Å². The number of carbonyl (C=O) groups is 3. The second kappa shape index (κ2) is 9.58. The zero-order valence-corrected chi connectivity index (χ0v) is 16.8. The van der Waals surface area contributed by atoms with Gasteiger partial charge >= 0.3 is 0 Å². The minimum Gasteiger partial charge on any atom is -0.548 e. The maximum absolute atomic E-state index is 12.8. The van der Waals surface area contributed by atoms with E-state index in [-0.39, 0.29) is 29.3 Å². The molecule has 31 heavy (non-hydrogen) atoms. The number of carbonyl (C=O) groups excluding carboxylic acids is 3. The molecule has 0 aromatic heterocycles. The highest BCUT2D eigenvalue weighted by Crippen LogP contribution is 2.18. The first kappa shape index (κ1) is 21.6. The third kappa shape index (κ3) is 5.70. The van der Waals surface area contributed by atoms with Crippen LogP contribution < -0.4 is 15.7 Å². The number of carboxylic acids is 1. The predicted molar refractivity (Wildman–Crippen MR) is 114 cm³/mol. The Labute approximate surface area is 179 Å². The summed E-state index contributed by atoms with van der Waals surface area (Å²) in [4.78, 5) is 36.9. The molecule has 7 heteroatoms. The highest BCUT2D eigenvalue weighted by molar-refractivity contribution is 6.09. The van der Waals surface area contributed by atoms with Crippen molar-refractivity contribution in [3.63, 3.8) is 0 Å². The Hall–Kier alpha value is -4.13. The number of carboxylic acid groups (broad SMARTS) is 1. The van der Waals surface area contributed by atoms with Crippen molar-refractivity contribution in [3.05, 3.63) is 95.1 Å². The first-order valence-electron chi connectivity index (χ1n) is 9.60. The molecule has 0 bridgehead atoms. The van der Waals surface area contributed by atoms with Crippen LogP contribution >= 0.6 is 0 Å². The number of aliphatic carboxylic acids is 1. The Balaban J connectivity index is 1.76. The number of para-hydroxylation sites is 1. The molecule has 0 fully saturated rings. The lowest BCUT2D eigenvalue weighted by Gasteiger charge is -2.21. The number of nitrogens with one attached hydrogen (secondary N) is 2. The lowest BCUT2D eigenvalue weighted by Crippen LogP contribution is -2.49. The number of hydrogen-bond donors (Lipinski definition) is 3. The van der Waals surface area contributed by atoms with Gasteiger partial charge in [0.15, 0.2) is 0 Å². The highest BCUT2D eigenvalue weighted by atomic mass is 16.4. The van der Waals surface area contributed by atoms with Crippen LogP contribution in [0.4, 0.5) is 5.69 Å². The molecule has 3 N–H and O–H groups in total. The first-order valence-corrected chi connectivity index (χ1v) is 9.60. The van der Waals surface area contributed by atoms with E-state index in [9.17, 15) is 24.6 Å². The average molecular weight is 417 g/mol. The van der Waals surface area contributed by atoms with Gasteiger partial charge in [-0.2, -0.15) is 0 Å². The topological polar surface area (TPSA) is 119 Å². The molecule has 0 aliphatic carbocycles. The van der Waals surface area contributed by atoms with Crippen molar-refractivity contribution in [1.82, 2.24) is 5.32 Å². The largest absolute Gasteiger partial charge is 0.548 e. The SMILES string of the molecule is Cc1ccc(C(=O)Nc2ccccc2C(=O)N[C@@H](Cc2ccc(O)cc2)C(=O)[O-])cc1. The monoisotopic (exact) mass is 417 g/mol. The van der Waals surface area contributed by atoms with Crippen LogP contribution in [0.2, 0.25) is 0 Å². The molecular formula is C24H21N2O5-.